The summed E-state index contributed by atoms with van der Waals surface area (Å²) in [6.07, 6.45) is 5.27. The van der Waals surface area contributed by atoms with Gasteiger partial charge in [0.2, 0.25) is 5.91 Å². The number of likely N-dealkylation sites (tertiary alicyclic amines) is 1. The van der Waals surface area contributed by atoms with Gasteiger partial charge in [0.05, 0.1) is 22.9 Å². The number of aromatic nitrogens is 3. The number of piperidine rings is 1. The Balaban J connectivity index is 1.47. The van der Waals surface area contributed by atoms with E-state index in [4.69, 9.17) is 0 Å². The number of fused-ring (bicyclic) bond motifs is 1. The largest absolute Gasteiger partial charge is 0.354 e. The second-order valence-electron chi connectivity index (χ2n) is 8.19. The van der Waals surface area contributed by atoms with Crippen LogP contribution in [0.3, 0.4) is 0 Å². The molecule has 9 heteroatoms. The van der Waals surface area contributed by atoms with Crippen LogP contribution in [0.2, 0.25) is 0 Å². The molecule has 8 nitrogen and oxygen atoms in total. The van der Waals surface area contributed by atoms with Gasteiger partial charge in [0.1, 0.15) is 17.8 Å². The maximum atomic E-state index is 12.8. The summed E-state index contributed by atoms with van der Waals surface area (Å²) in [7, 11) is -0.931. The van der Waals surface area contributed by atoms with Gasteiger partial charge in [0.15, 0.2) is 9.84 Å². The minimum atomic E-state index is -2.95. The van der Waals surface area contributed by atoms with Crippen LogP contribution >= 0.6 is 0 Å². The fraction of sp³-hybridized carbons (Fsp3) is 0.632. The molecule has 2 aromatic rings. The molecule has 3 unspecified atom stereocenters. The van der Waals surface area contributed by atoms with E-state index >= 15 is 0 Å². The Morgan fingerprint density at radius 1 is 1.36 bits per heavy atom. The van der Waals surface area contributed by atoms with Crippen molar-refractivity contribution in [1.29, 1.82) is 0 Å². The van der Waals surface area contributed by atoms with Crippen LogP contribution in [0, 0.1) is 11.8 Å². The number of likely N-dealkylation sites (N-methyl/N-ethyl adjacent to an activating group) is 1. The van der Waals surface area contributed by atoms with Gasteiger partial charge >= 0.3 is 0 Å². The summed E-state index contributed by atoms with van der Waals surface area (Å²) in [4.78, 5) is 28.7. The fourth-order valence-electron chi connectivity index (χ4n) is 4.49. The number of rotatable bonds is 4. The van der Waals surface area contributed by atoms with Crippen LogP contribution in [0.25, 0.3) is 11.0 Å². The first kappa shape index (κ1) is 19.2. The van der Waals surface area contributed by atoms with Crippen LogP contribution in [0.15, 0.2) is 18.6 Å². The van der Waals surface area contributed by atoms with Crippen LogP contribution in [0.4, 0.5) is 5.82 Å². The molecule has 1 amide bonds. The molecule has 3 atom stereocenters. The van der Waals surface area contributed by atoms with Gasteiger partial charge in [0, 0.05) is 32.8 Å². The summed E-state index contributed by atoms with van der Waals surface area (Å²) >= 11 is 0. The molecule has 4 heterocycles. The Morgan fingerprint density at radius 2 is 2.18 bits per heavy atom. The lowest BCUT2D eigenvalue weighted by Gasteiger charge is -2.42. The molecule has 2 aliphatic heterocycles. The number of nitrogens with one attached hydrogen (secondary N) is 1. The smallest absolute Gasteiger partial charge is 0.222 e. The summed E-state index contributed by atoms with van der Waals surface area (Å²) < 4.78 is 23.4. The molecule has 2 aliphatic rings. The van der Waals surface area contributed by atoms with Crippen LogP contribution in [-0.4, -0.2) is 71.9 Å². The van der Waals surface area contributed by atoms with Gasteiger partial charge in [-0.1, -0.05) is 6.92 Å². The third kappa shape index (κ3) is 3.72. The highest BCUT2D eigenvalue weighted by Crippen LogP contribution is 2.30. The van der Waals surface area contributed by atoms with Crippen LogP contribution in [0.5, 0.6) is 0 Å². The van der Waals surface area contributed by atoms with Gasteiger partial charge in [-0.15, -0.1) is 0 Å². The zero-order valence-electron chi connectivity index (χ0n) is 16.3. The van der Waals surface area contributed by atoms with Gasteiger partial charge in [0.25, 0.3) is 0 Å². The van der Waals surface area contributed by atoms with Crippen molar-refractivity contribution < 1.29 is 13.2 Å². The van der Waals surface area contributed by atoms with E-state index < -0.39 is 9.84 Å². The van der Waals surface area contributed by atoms with E-state index in [2.05, 4.69) is 26.8 Å². The second kappa shape index (κ2) is 7.35. The Morgan fingerprint density at radius 3 is 2.93 bits per heavy atom. The molecule has 2 aromatic heterocycles. The number of carbonyl (C=O) groups is 1. The van der Waals surface area contributed by atoms with E-state index in [1.54, 1.807) is 6.33 Å². The number of nitrogens with zero attached hydrogens (tertiary/aromatic N) is 4. The highest BCUT2D eigenvalue weighted by atomic mass is 32.2. The summed E-state index contributed by atoms with van der Waals surface area (Å²) in [5.74, 6) is 1.69. The molecule has 0 aromatic carbocycles. The number of H-pyrrole nitrogens is 1. The summed E-state index contributed by atoms with van der Waals surface area (Å²) in [5.41, 5.74) is 0.802. The molecular formula is C19H27N5O3S. The van der Waals surface area contributed by atoms with E-state index in [1.807, 2.05) is 24.2 Å². The predicted molar refractivity (Wildman–Crippen MR) is 108 cm³/mol. The van der Waals surface area contributed by atoms with Crippen molar-refractivity contribution >= 4 is 32.6 Å². The number of carbonyl (C=O) groups excluding carboxylic acids is 1. The highest BCUT2D eigenvalue weighted by Gasteiger charge is 2.35. The number of aromatic amines is 1. The van der Waals surface area contributed by atoms with Gasteiger partial charge in [-0.25, -0.2) is 18.4 Å². The van der Waals surface area contributed by atoms with Gasteiger partial charge in [-0.3, -0.25) is 4.79 Å². The van der Waals surface area contributed by atoms with Gasteiger partial charge < -0.3 is 14.8 Å². The molecule has 28 heavy (non-hydrogen) atoms. The lowest BCUT2D eigenvalue weighted by Crippen LogP contribution is -2.53. The van der Waals surface area contributed by atoms with E-state index in [0.29, 0.717) is 25.3 Å². The molecule has 152 valence electrons. The topological polar surface area (TPSA) is 99.3 Å². The van der Waals surface area contributed by atoms with E-state index in [1.165, 1.54) is 0 Å². The molecule has 0 spiro atoms. The first-order valence-electron chi connectivity index (χ1n) is 9.83. The van der Waals surface area contributed by atoms with Crippen molar-refractivity contribution in [3.63, 3.8) is 0 Å². The van der Waals surface area contributed by atoms with Gasteiger partial charge in [-0.05, 0) is 30.7 Å². The van der Waals surface area contributed by atoms with Crippen molar-refractivity contribution in [1.82, 2.24) is 19.9 Å². The number of hydrogen-bond donors (Lipinski definition) is 1. The number of anilines is 1. The lowest BCUT2D eigenvalue weighted by molar-refractivity contribution is -0.133. The monoisotopic (exact) mass is 405 g/mol. The zero-order valence-corrected chi connectivity index (χ0v) is 17.2. The third-order valence-corrected chi connectivity index (χ3v) is 8.06. The second-order valence-corrected chi connectivity index (χ2v) is 10.4. The SMILES string of the molecule is CC1CCN(C(=O)CC2CCS(=O)(=O)C2)CC1N(C)c1ncnc2[nH]ccc12. The summed E-state index contributed by atoms with van der Waals surface area (Å²) in [6, 6.07) is 2.12. The van der Waals surface area contributed by atoms with Crippen LogP contribution < -0.4 is 4.90 Å². The minimum Gasteiger partial charge on any atom is -0.354 e. The zero-order chi connectivity index (χ0) is 19.9. The average molecular weight is 406 g/mol. The number of hydrogen-bond acceptors (Lipinski definition) is 6. The molecule has 0 saturated carbocycles. The van der Waals surface area contributed by atoms with E-state index in [9.17, 15) is 13.2 Å². The van der Waals surface area contributed by atoms with Gasteiger partial charge in [-0.2, -0.15) is 0 Å². The molecule has 1 N–H and O–H groups in total. The van der Waals surface area contributed by atoms with Crippen molar-refractivity contribution in [2.45, 2.75) is 32.2 Å². The van der Waals surface area contributed by atoms with Crippen molar-refractivity contribution in [2.75, 3.05) is 36.5 Å². The Labute approximate surface area is 165 Å². The molecule has 2 fully saturated rings. The molecule has 0 aliphatic carbocycles. The molecule has 2 saturated heterocycles. The van der Waals surface area contributed by atoms with Crippen molar-refractivity contribution in [3.05, 3.63) is 18.6 Å². The summed E-state index contributed by atoms with van der Waals surface area (Å²) in [5, 5.41) is 0.969. The first-order valence-corrected chi connectivity index (χ1v) is 11.7. The fourth-order valence-corrected chi connectivity index (χ4v) is 6.35. The minimum absolute atomic E-state index is 0.0330. The maximum Gasteiger partial charge on any atom is 0.222 e. The predicted octanol–water partition coefficient (Wildman–Crippen LogP) is 1.46. The highest BCUT2D eigenvalue weighted by molar-refractivity contribution is 7.91. The third-order valence-electron chi connectivity index (χ3n) is 6.23. The summed E-state index contributed by atoms with van der Waals surface area (Å²) in [6.45, 7) is 3.57. The average Bonchev–Trinajstić information content (AvgIpc) is 3.27. The van der Waals surface area contributed by atoms with E-state index in [0.717, 1.165) is 29.8 Å². The number of sulfone groups is 1. The van der Waals surface area contributed by atoms with Crippen LogP contribution in [-0.2, 0) is 14.6 Å². The Kier molecular flexibility index (Phi) is 5.03. The molecule has 4 rings (SSSR count). The van der Waals surface area contributed by atoms with Crippen LogP contribution in [0.1, 0.15) is 26.2 Å². The maximum absolute atomic E-state index is 12.8. The quantitative estimate of drug-likeness (QED) is 0.827. The number of amides is 1. The first-order chi connectivity index (χ1) is 13.3. The van der Waals surface area contributed by atoms with E-state index in [-0.39, 0.29) is 29.4 Å². The lowest BCUT2D eigenvalue weighted by atomic mass is 9.91. The van der Waals surface area contributed by atoms with Crippen molar-refractivity contribution in [2.24, 2.45) is 11.8 Å². The molecular weight excluding hydrogens is 378 g/mol. The van der Waals surface area contributed by atoms with Crippen molar-refractivity contribution in [3.8, 4) is 0 Å². The normalized spacial score (nSPS) is 27.2. The molecule has 0 bridgehead atoms. The molecule has 0 radical (unpaired) electrons. The Hall–Kier alpha value is -2.16. The standard InChI is InChI=1S/C19H27N5O3S/c1-13-4-7-24(17(25)9-14-5-8-28(26,27)11-14)10-16(13)23(2)19-15-3-6-20-18(15)21-12-22-19/h3,6,12-14,16H,4-5,7-11H2,1-2H3,(H,20,21,22). The Bertz CT molecular complexity index is 973.